The first-order valence-electron chi connectivity index (χ1n) is 9.16. The van der Waals surface area contributed by atoms with Crippen molar-refractivity contribution in [3.05, 3.63) is 59.7 Å². The van der Waals surface area contributed by atoms with Gasteiger partial charge in [0.05, 0.1) is 13.2 Å². The maximum atomic E-state index is 13.7. The number of nitrogens with one attached hydrogen (secondary N) is 1. The Morgan fingerprint density at radius 1 is 1.19 bits per heavy atom. The number of likely N-dealkylation sites (tertiary alicyclic amines) is 1. The number of aromatic nitrogens is 1. The van der Waals surface area contributed by atoms with Gasteiger partial charge < -0.3 is 19.7 Å². The molecule has 2 aliphatic heterocycles. The number of carbonyl (C=O) groups excluding carboxylic acids is 1. The number of hydrogen-bond donors (Lipinski definition) is 1. The van der Waals surface area contributed by atoms with Gasteiger partial charge in [0.25, 0.3) is 5.91 Å². The van der Waals surface area contributed by atoms with E-state index >= 15 is 0 Å². The van der Waals surface area contributed by atoms with Gasteiger partial charge in [-0.25, -0.2) is 4.39 Å². The van der Waals surface area contributed by atoms with Crippen molar-refractivity contribution < 1.29 is 18.7 Å². The molecular weight excluding hydrogens is 349 g/mol. The predicted octanol–water partition coefficient (Wildman–Crippen LogP) is 2.81. The number of anilines is 1. The number of rotatable bonds is 4. The molecule has 4 rings (SSSR count). The van der Waals surface area contributed by atoms with E-state index in [9.17, 15) is 9.18 Å². The lowest BCUT2D eigenvalue weighted by Crippen LogP contribution is -2.47. The maximum absolute atomic E-state index is 13.7. The van der Waals surface area contributed by atoms with E-state index < -0.39 is 5.79 Å². The molecule has 142 valence electrons. The van der Waals surface area contributed by atoms with Crippen LogP contribution in [0.1, 0.15) is 28.9 Å². The number of hydrogen-bond acceptors (Lipinski definition) is 5. The number of nitrogens with zero attached hydrogens (tertiary/aromatic N) is 2. The molecule has 7 heteroatoms. The zero-order valence-electron chi connectivity index (χ0n) is 15.0. The average Bonchev–Trinajstić information content (AvgIpc) is 3.16. The van der Waals surface area contributed by atoms with E-state index in [1.807, 2.05) is 0 Å². The van der Waals surface area contributed by atoms with Gasteiger partial charge in [0, 0.05) is 49.9 Å². The lowest BCUT2D eigenvalue weighted by Gasteiger charge is -2.37. The van der Waals surface area contributed by atoms with Crippen LogP contribution in [0.15, 0.2) is 42.6 Å². The molecule has 2 fully saturated rings. The summed E-state index contributed by atoms with van der Waals surface area (Å²) in [6.45, 7) is 2.72. The smallest absolute Gasteiger partial charge is 0.272 e. The minimum absolute atomic E-state index is 0.114. The van der Waals surface area contributed by atoms with E-state index in [4.69, 9.17) is 9.47 Å². The molecule has 1 aromatic carbocycles. The highest BCUT2D eigenvalue weighted by Gasteiger charge is 2.41. The van der Waals surface area contributed by atoms with Gasteiger partial charge in [-0.1, -0.05) is 18.2 Å². The Hall–Kier alpha value is -2.51. The minimum atomic E-state index is -0.507. The van der Waals surface area contributed by atoms with Crippen molar-refractivity contribution in [3.8, 4) is 0 Å². The Balaban J connectivity index is 1.38. The zero-order chi connectivity index (χ0) is 18.7. The van der Waals surface area contributed by atoms with Crippen LogP contribution in [0.25, 0.3) is 0 Å². The fourth-order valence-electron chi connectivity index (χ4n) is 3.49. The predicted molar refractivity (Wildman–Crippen MR) is 97.7 cm³/mol. The van der Waals surface area contributed by atoms with Crippen molar-refractivity contribution in [1.29, 1.82) is 0 Å². The first-order valence-corrected chi connectivity index (χ1v) is 9.16. The van der Waals surface area contributed by atoms with Crippen LogP contribution in [0, 0.1) is 5.82 Å². The first-order chi connectivity index (χ1) is 13.2. The SMILES string of the molecule is O=C(c1cc(NCc2ccccc2F)ccn1)N1CCC2(CC1)OCCO2. The summed E-state index contributed by atoms with van der Waals surface area (Å²) in [6, 6.07) is 10.1. The number of piperidine rings is 1. The van der Waals surface area contributed by atoms with Crippen LogP contribution in [0.5, 0.6) is 0 Å². The number of benzene rings is 1. The van der Waals surface area contributed by atoms with Crippen LogP contribution in [0.2, 0.25) is 0 Å². The highest BCUT2D eigenvalue weighted by atomic mass is 19.1. The van der Waals surface area contributed by atoms with Gasteiger partial charge >= 0.3 is 0 Å². The molecule has 0 aliphatic carbocycles. The average molecular weight is 371 g/mol. The first kappa shape index (κ1) is 17.9. The maximum Gasteiger partial charge on any atom is 0.272 e. The van der Waals surface area contributed by atoms with Crippen molar-refractivity contribution in [3.63, 3.8) is 0 Å². The molecule has 1 spiro atoms. The van der Waals surface area contributed by atoms with Crippen LogP contribution < -0.4 is 5.32 Å². The number of halogens is 1. The van der Waals surface area contributed by atoms with Gasteiger partial charge in [0.1, 0.15) is 11.5 Å². The zero-order valence-corrected chi connectivity index (χ0v) is 15.0. The number of carbonyl (C=O) groups is 1. The Labute approximate surface area is 157 Å². The van der Waals surface area contributed by atoms with Gasteiger partial charge in [0.2, 0.25) is 0 Å². The molecule has 6 nitrogen and oxygen atoms in total. The van der Waals surface area contributed by atoms with Crippen LogP contribution in [-0.4, -0.2) is 47.9 Å². The van der Waals surface area contributed by atoms with Crippen LogP contribution in [0.3, 0.4) is 0 Å². The molecule has 2 aromatic rings. The summed E-state index contributed by atoms with van der Waals surface area (Å²) in [5.74, 6) is -0.876. The van der Waals surface area contributed by atoms with Crippen molar-refractivity contribution in [1.82, 2.24) is 9.88 Å². The summed E-state index contributed by atoms with van der Waals surface area (Å²) < 4.78 is 25.1. The van der Waals surface area contributed by atoms with Crippen molar-refractivity contribution in [2.45, 2.75) is 25.2 Å². The summed E-state index contributed by atoms with van der Waals surface area (Å²) in [4.78, 5) is 18.8. The van der Waals surface area contributed by atoms with Gasteiger partial charge in [0.15, 0.2) is 5.79 Å². The van der Waals surface area contributed by atoms with E-state index in [-0.39, 0.29) is 11.7 Å². The lowest BCUT2D eigenvalue weighted by molar-refractivity contribution is -0.181. The Kier molecular flexibility index (Phi) is 5.05. The molecule has 1 aromatic heterocycles. The highest BCUT2D eigenvalue weighted by molar-refractivity contribution is 5.93. The monoisotopic (exact) mass is 371 g/mol. The fourth-order valence-corrected chi connectivity index (χ4v) is 3.49. The largest absolute Gasteiger partial charge is 0.381 e. The lowest BCUT2D eigenvalue weighted by atomic mass is 10.0. The molecule has 1 amide bonds. The third-order valence-corrected chi connectivity index (χ3v) is 5.05. The topological polar surface area (TPSA) is 63.7 Å². The Morgan fingerprint density at radius 3 is 2.67 bits per heavy atom. The molecular formula is C20H22FN3O3. The van der Waals surface area contributed by atoms with E-state index in [0.717, 1.165) is 5.69 Å². The van der Waals surface area contributed by atoms with Gasteiger partial charge in [-0.15, -0.1) is 0 Å². The quantitative estimate of drug-likeness (QED) is 0.895. The molecule has 0 bridgehead atoms. The Bertz CT molecular complexity index is 814. The van der Waals surface area contributed by atoms with Gasteiger partial charge in [-0.05, 0) is 18.2 Å². The van der Waals surface area contributed by atoms with E-state index in [0.29, 0.717) is 56.9 Å². The third kappa shape index (κ3) is 3.94. The van der Waals surface area contributed by atoms with Crippen molar-refractivity contribution in [2.75, 3.05) is 31.6 Å². The van der Waals surface area contributed by atoms with Crippen molar-refractivity contribution >= 4 is 11.6 Å². The molecule has 1 N–H and O–H groups in total. The summed E-state index contributed by atoms with van der Waals surface area (Å²) in [5.41, 5.74) is 1.67. The second-order valence-corrected chi connectivity index (χ2v) is 6.77. The third-order valence-electron chi connectivity index (χ3n) is 5.05. The van der Waals surface area contributed by atoms with Crippen molar-refractivity contribution in [2.24, 2.45) is 0 Å². The van der Waals surface area contributed by atoms with E-state index in [2.05, 4.69) is 10.3 Å². The molecule has 0 atom stereocenters. The molecule has 27 heavy (non-hydrogen) atoms. The minimum Gasteiger partial charge on any atom is -0.381 e. The Morgan fingerprint density at radius 2 is 1.93 bits per heavy atom. The van der Waals surface area contributed by atoms with Gasteiger partial charge in [-0.3, -0.25) is 9.78 Å². The standard InChI is InChI=1S/C20H22FN3O3/c21-17-4-2-1-3-15(17)14-23-16-5-8-22-18(13-16)19(25)24-9-6-20(7-10-24)26-11-12-27-20/h1-5,8,13H,6-7,9-12,14H2,(H,22,23). The second kappa shape index (κ2) is 7.62. The summed E-state index contributed by atoms with van der Waals surface area (Å²) >= 11 is 0. The number of pyridine rings is 1. The molecule has 2 aliphatic rings. The molecule has 0 saturated carbocycles. The number of amides is 1. The summed E-state index contributed by atoms with van der Waals surface area (Å²) in [6.07, 6.45) is 2.93. The fraction of sp³-hybridized carbons (Fsp3) is 0.400. The normalized spacial score (nSPS) is 18.6. The summed E-state index contributed by atoms with van der Waals surface area (Å²) in [7, 11) is 0. The van der Waals surface area contributed by atoms with E-state index in [1.54, 1.807) is 41.4 Å². The molecule has 0 unspecified atom stereocenters. The number of ether oxygens (including phenoxy) is 2. The highest BCUT2D eigenvalue weighted by Crippen LogP contribution is 2.31. The second-order valence-electron chi connectivity index (χ2n) is 6.77. The van der Waals surface area contributed by atoms with Gasteiger partial charge in [-0.2, -0.15) is 0 Å². The molecule has 2 saturated heterocycles. The van der Waals surface area contributed by atoms with Crippen LogP contribution >= 0.6 is 0 Å². The molecule has 0 radical (unpaired) electrons. The summed E-state index contributed by atoms with van der Waals surface area (Å²) in [5, 5.41) is 3.15. The van der Waals surface area contributed by atoms with E-state index in [1.165, 1.54) is 6.07 Å². The van der Waals surface area contributed by atoms with Crippen LogP contribution in [-0.2, 0) is 16.0 Å². The van der Waals surface area contributed by atoms with Crippen LogP contribution in [0.4, 0.5) is 10.1 Å². The molecule has 3 heterocycles.